The molecule has 164 valence electrons. The minimum Gasteiger partial charge on any atom is -0.379 e. The SMILES string of the molecule is O=C(CNCCN1CCOCC1)N1N=C(c2ccc(F)cc2)CC1c1ccc(Cl)cc1. The Balaban J connectivity index is 1.43. The second kappa shape index (κ2) is 10.3. The molecular formula is C23H26ClFN4O2. The van der Waals surface area contributed by atoms with E-state index < -0.39 is 0 Å². The number of amides is 1. The van der Waals surface area contributed by atoms with E-state index in [1.807, 2.05) is 24.3 Å². The molecule has 6 nitrogen and oxygen atoms in total. The van der Waals surface area contributed by atoms with Crippen LogP contribution in [0.25, 0.3) is 0 Å². The number of nitrogens with zero attached hydrogens (tertiary/aromatic N) is 3. The summed E-state index contributed by atoms with van der Waals surface area (Å²) in [7, 11) is 0. The molecule has 0 radical (unpaired) electrons. The quantitative estimate of drug-likeness (QED) is 0.667. The summed E-state index contributed by atoms with van der Waals surface area (Å²) in [5.41, 5.74) is 2.55. The van der Waals surface area contributed by atoms with E-state index in [1.165, 1.54) is 12.1 Å². The molecule has 2 aromatic rings. The predicted molar refractivity (Wildman–Crippen MR) is 119 cm³/mol. The Labute approximate surface area is 186 Å². The van der Waals surface area contributed by atoms with Gasteiger partial charge in [-0.1, -0.05) is 35.9 Å². The number of nitrogens with one attached hydrogen (secondary N) is 1. The molecule has 2 aromatic carbocycles. The lowest BCUT2D eigenvalue weighted by atomic mass is 9.98. The molecule has 8 heteroatoms. The molecule has 0 bridgehead atoms. The van der Waals surface area contributed by atoms with E-state index >= 15 is 0 Å². The highest BCUT2D eigenvalue weighted by Gasteiger charge is 2.32. The minimum atomic E-state index is -0.297. The largest absolute Gasteiger partial charge is 0.379 e. The van der Waals surface area contributed by atoms with Crippen LogP contribution in [-0.2, 0) is 9.53 Å². The topological polar surface area (TPSA) is 57.2 Å². The highest BCUT2D eigenvalue weighted by Crippen LogP contribution is 2.33. The van der Waals surface area contributed by atoms with Gasteiger partial charge in [0.15, 0.2) is 0 Å². The van der Waals surface area contributed by atoms with Gasteiger partial charge in [-0.2, -0.15) is 5.10 Å². The average molecular weight is 445 g/mol. The van der Waals surface area contributed by atoms with Gasteiger partial charge in [-0.3, -0.25) is 9.69 Å². The van der Waals surface area contributed by atoms with Gasteiger partial charge in [-0.15, -0.1) is 0 Å². The fraction of sp³-hybridized carbons (Fsp3) is 0.391. The lowest BCUT2D eigenvalue weighted by molar-refractivity contribution is -0.132. The number of hydrogen-bond donors (Lipinski definition) is 1. The van der Waals surface area contributed by atoms with Gasteiger partial charge in [-0.05, 0) is 35.4 Å². The van der Waals surface area contributed by atoms with Crippen LogP contribution in [0.2, 0.25) is 5.02 Å². The van der Waals surface area contributed by atoms with Crippen LogP contribution in [0.15, 0.2) is 53.6 Å². The van der Waals surface area contributed by atoms with Crippen molar-refractivity contribution in [3.63, 3.8) is 0 Å². The van der Waals surface area contributed by atoms with Gasteiger partial charge >= 0.3 is 0 Å². The van der Waals surface area contributed by atoms with Crippen molar-refractivity contribution in [3.05, 3.63) is 70.5 Å². The summed E-state index contributed by atoms with van der Waals surface area (Å²) in [5.74, 6) is -0.395. The highest BCUT2D eigenvalue weighted by molar-refractivity contribution is 6.30. The number of hydrogen-bond acceptors (Lipinski definition) is 5. The molecule has 1 unspecified atom stereocenters. The molecule has 0 aliphatic carbocycles. The third kappa shape index (κ3) is 5.68. The molecule has 1 atom stereocenters. The monoisotopic (exact) mass is 444 g/mol. The molecule has 1 fully saturated rings. The van der Waals surface area contributed by atoms with Gasteiger partial charge in [0.25, 0.3) is 5.91 Å². The maximum atomic E-state index is 13.3. The van der Waals surface area contributed by atoms with Crippen LogP contribution < -0.4 is 5.32 Å². The van der Waals surface area contributed by atoms with E-state index in [2.05, 4.69) is 15.3 Å². The molecular weight excluding hydrogens is 419 g/mol. The zero-order valence-electron chi connectivity index (χ0n) is 17.3. The second-order valence-corrected chi connectivity index (χ2v) is 8.13. The van der Waals surface area contributed by atoms with Crippen molar-refractivity contribution in [1.29, 1.82) is 0 Å². The van der Waals surface area contributed by atoms with Gasteiger partial charge in [0.05, 0.1) is 31.5 Å². The van der Waals surface area contributed by atoms with E-state index in [1.54, 1.807) is 17.1 Å². The lowest BCUT2D eigenvalue weighted by Gasteiger charge is -2.26. The number of morpholine rings is 1. The van der Waals surface area contributed by atoms with E-state index in [0.29, 0.717) is 11.4 Å². The maximum absolute atomic E-state index is 13.3. The van der Waals surface area contributed by atoms with Gasteiger partial charge < -0.3 is 10.1 Å². The van der Waals surface area contributed by atoms with Gasteiger partial charge in [0, 0.05) is 37.6 Å². The Bertz CT molecular complexity index is 914. The summed E-state index contributed by atoms with van der Waals surface area (Å²) in [6.45, 7) is 5.17. The van der Waals surface area contributed by atoms with Crippen LogP contribution >= 0.6 is 11.6 Å². The van der Waals surface area contributed by atoms with Crippen LogP contribution in [0.5, 0.6) is 0 Å². The fourth-order valence-electron chi connectivity index (χ4n) is 3.84. The molecule has 0 saturated carbocycles. The molecule has 1 amide bonds. The third-order valence-corrected chi connectivity index (χ3v) is 5.83. The van der Waals surface area contributed by atoms with Crippen molar-refractivity contribution in [3.8, 4) is 0 Å². The highest BCUT2D eigenvalue weighted by atomic mass is 35.5. The van der Waals surface area contributed by atoms with Crippen LogP contribution in [0.1, 0.15) is 23.6 Å². The molecule has 0 aromatic heterocycles. The van der Waals surface area contributed by atoms with Gasteiger partial charge in [0.2, 0.25) is 0 Å². The zero-order valence-corrected chi connectivity index (χ0v) is 18.0. The van der Waals surface area contributed by atoms with Gasteiger partial charge in [0.1, 0.15) is 5.82 Å². The number of hydrazone groups is 1. The van der Waals surface area contributed by atoms with Crippen molar-refractivity contribution in [2.45, 2.75) is 12.5 Å². The number of benzene rings is 2. The van der Waals surface area contributed by atoms with E-state index in [-0.39, 0.29) is 24.3 Å². The Hall–Kier alpha value is -2.32. The molecule has 31 heavy (non-hydrogen) atoms. The van der Waals surface area contributed by atoms with E-state index in [9.17, 15) is 9.18 Å². The lowest BCUT2D eigenvalue weighted by Crippen LogP contribution is -2.42. The van der Waals surface area contributed by atoms with E-state index in [0.717, 1.165) is 56.2 Å². The first-order valence-electron chi connectivity index (χ1n) is 10.5. The van der Waals surface area contributed by atoms with E-state index in [4.69, 9.17) is 16.3 Å². The number of rotatable bonds is 7. The minimum absolute atomic E-state index is 0.0981. The van der Waals surface area contributed by atoms with Crippen molar-refractivity contribution in [2.24, 2.45) is 5.10 Å². The van der Waals surface area contributed by atoms with Crippen molar-refractivity contribution in [1.82, 2.24) is 15.2 Å². The van der Waals surface area contributed by atoms with Gasteiger partial charge in [-0.25, -0.2) is 9.40 Å². The van der Waals surface area contributed by atoms with Crippen molar-refractivity contribution >= 4 is 23.2 Å². The number of carbonyl (C=O) groups is 1. The second-order valence-electron chi connectivity index (χ2n) is 7.69. The molecule has 4 rings (SSSR count). The van der Waals surface area contributed by atoms with Crippen LogP contribution in [0.3, 0.4) is 0 Å². The third-order valence-electron chi connectivity index (χ3n) is 5.58. The summed E-state index contributed by atoms with van der Waals surface area (Å²) in [5, 5.41) is 10.0. The maximum Gasteiger partial charge on any atom is 0.257 e. The smallest absolute Gasteiger partial charge is 0.257 e. The zero-order chi connectivity index (χ0) is 21.6. The number of carbonyl (C=O) groups excluding carboxylic acids is 1. The molecule has 2 aliphatic rings. The summed E-state index contributed by atoms with van der Waals surface area (Å²) in [4.78, 5) is 15.3. The Morgan fingerprint density at radius 2 is 1.84 bits per heavy atom. The fourth-order valence-corrected chi connectivity index (χ4v) is 3.97. The Morgan fingerprint density at radius 3 is 2.55 bits per heavy atom. The van der Waals surface area contributed by atoms with Crippen molar-refractivity contribution in [2.75, 3.05) is 45.9 Å². The Kier molecular flexibility index (Phi) is 7.29. The normalized spacial score (nSPS) is 19.5. The summed E-state index contributed by atoms with van der Waals surface area (Å²) >= 11 is 6.04. The molecule has 1 saturated heterocycles. The van der Waals surface area contributed by atoms with Crippen molar-refractivity contribution < 1.29 is 13.9 Å². The Morgan fingerprint density at radius 1 is 1.13 bits per heavy atom. The summed E-state index contributed by atoms with van der Waals surface area (Å²) in [6, 6.07) is 13.5. The first-order valence-corrected chi connectivity index (χ1v) is 10.9. The average Bonchev–Trinajstić information content (AvgIpc) is 3.24. The van der Waals surface area contributed by atoms with Crippen LogP contribution in [0.4, 0.5) is 4.39 Å². The number of halogens is 2. The van der Waals surface area contributed by atoms with Crippen LogP contribution in [-0.4, -0.2) is 67.5 Å². The predicted octanol–water partition coefficient (Wildman–Crippen LogP) is 3.08. The summed E-state index contributed by atoms with van der Waals surface area (Å²) < 4.78 is 18.7. The van der Waals surface area contributed by atoms with Crippen LogP contribution in [0, 0.1) is 5.82 Å². The standard InChI is InChI=1S/C23H26ClFN4O2/c24-19-5-1-18(2-6-19)22-15-21(17-3-7-20(25)8-4-17)27-29(22)23(30)16-26-9-10-28-11-13-31-14-12-28/h1-8,22,26H,9-16H2. The molecule has 0 spiro atoms. The number of ether oxygens (including phenoxy) is 1. The first kappa shape index (κ1) is 21.9. The molecule has 2 aliphatic heterocycles. The molecule has 2 heterocycles. The molecule has 1 N–H and O–H groups in total. The first-order chi connectivity index (χ1) is 15.1. The summed E-state index contributed by atoms with van der Waals surface area (Å²) in [6.07, 6.45) is 0.562.